The molecule has 2 N–H and O–H groups in total. The van der Waals surface area contributed by atoms with Crippen LogP contribution < -0.4 is 15.8 Å². The molecule has 1 fully saturated rings. The highest BCUT2D eigenvalue weighted by atomic mass is 32.1. The van der Waals surface area contributed by atoms with Crippen molar-refractivity contribution in [1.82, 2.24) is 14.4 Å². The van der Waals surface area contributed by atoms with E-state index in [1.54, 1.807) is 26.8 Å². The summed E-state index contributed by atoms with van der Waals surface area (Å²) in [4.78, 5) is 50.0. The zero-order chi connectivity index (χ0) is 28.5. The molecule has 1 aliphatic heterocycles. The number of piperidine rings is 1. The van der Waals surface area contributed by atoms with Gasteiger partial charge in [-0.15, -0.1) is 11.3 Å². The number of nitrogens with one attached hydrogen (secondary N) is 1. The van der Waals surface area contributed by atoms with Crippen molar-refractivity contribution in [2.45, 2.75) is 71.5 Å². The number of β-amino-alcohol motifs (C(OH)–C–C–N with tert-alkyl or cyclic N) is 1. The number of carbonyl (C=O) groups is 2. The Balaban J connectivity index is 1.71. The largest absolute Gasteiger partial charge is 0.457 e. The molecule has 0 radical (unpaired) electrons. The minimum Gasteiger partial charge on any atom is -0.457 e. The minimum absolute atomic E-state index is 0.137. The van der Waals surface area contributed by atoms with E-state index in [9.17, 15) is 19.5 Å². The van der Waals surface area contributed by atoms with E-state index in [0.717, 1.165) is 12.1 Å². The molecular formula is C28H35N5O5S. The first-order chi connectivity index (χ1) is 18.2. The topological polar surface area (TPSA) is 126 Å². The predicted molar refractivity (Wildman–Crippen MR) is 153 cm³/mol. The van der Waals surface area contributed by atoms with Gasteiger partial charge in [0, 0.05) is 41.7 Å². The van der Waals surface area contributed by atoms with Crippen LogP contribution in [0.25, 0.3) is 11.7 Å². The summed E-state index contributed by atoms with van der Waals surface area (Å²) in [5.74, 6) is -0.614. The van der Waals surface area contributed by atoms with Gasteiger partial charge >= 0.3 is 5.97 Å². The van der Waals surface area contributed by atoms with Gasteiger partial charge in [-0.25, -0.2) is 14.8 Å². The van der Waals surface area contributed by atoms with Crippen molar-refractivity contribution in [3.8, 4) is 0 Å². The Morgan fingerprint density at radius 3 is 2.59 bits per heavy atom. The smallest absolute Gasteiger partial charge is 0.331 e. The third kappa shape index (κ3) is 6.90. The van der Waals surface area contributed by atoms with E-state index in [1.165, 1.54) is 40.2 Å². The fraction of sp³-hybridized carbons (Fsp3) is 0.464. The number of aliphatic hydroxyl groups is 1. The summed E-state index contributed by atoms with van der Waals surface area (Å²) in [5.41, 5.74) is 0.444. The number of ether oxygens (including phenoxy) is 1. The first-order valence-electron chi connectivity index (χ1n) is 12.9. The Morgan fingerprint density at radius 2 is 1.95 bits per heavy atom. The molecule has 3 aromatic heterocycles. The summed E-state index contributed by atoms with van der Waals surface area (Å²) < 4.78 is 6.67. The second-order valence-electron chi connectivity index (χ2n) is 11.6. The predicted octanol–water partition coefficient (Wildman–Crippen LogP) is 4.02. The maximum absolute atomic E-state index is 13.6. The van der Waals surface area contributed by atoms with E-state index < -0.39 is 23.2 Å². The van der Waals surface area contributed by atoms with Gasteiger partial charge in [0.2, 0.25) is 0 Å². The molecule has 208 valence electrons. The monoisotopic (exact) mass is 553 g/mol. The van der Waals surface area contributed by atoms with E-state index in [0.29, 0.717) is 36.0 Å². The summed E-state index contributed by atoms with van der Waals surface area (Å²) in [6.45, 7) is 12.3. The number of thiazole rings is 1. The Bertz CT molecular complexity index is 1480. The first-order valence-corrected chi connectivity index (χ1v) is 13.8. The van der Waals surface area contributed by atoms with Gasteiger partial charge in [0.25, 0.3) is 11.5 Å². The highest BCUT2D eigenvalue weighted by Crippen LogP contribution is 2.27. The summed E-state index contributed by atoms with van der Waals surface area (Å²) >= 11 is 1.35. The SMILES string of the molecule is CC(C)(C)OC(=O)C=Cc1c(N2CCCC(O)C2)nc2cc(C(=O)Nc3nc(C(C)(C)C)cs3)ccn2c1=O. The van der Waals surface area contributed by atoms with Gasteiger partial charge < -0.3 is 14.7 Å². The number of esters is 1. The molecule has 1 atom stereocenters. The van der Waals surface area contributed by atoms with Crippen LogP contribution in [0.15, 0.2) is 34.6 Å². The molecule has 10 nitrogen and oxygen atoms in total. The molecule has 0 bridgehead atoms. The fourth-order valence-corrected chi connectivity index (χ4v) is 5.08. The Labute approximate surface area is 231 Å². The van der Waals surface area contributed by atoms with Crippen molar-refractivity contribution < 1.29 is 19.4 Å². The number of anilines is 2. The standard InChI is InChI=1S/C28H35N5O5S/c1-27(2,3)20-16-39-26(29-20)31-24(36)17-11-13-33-21(14-17)30-23(32-12-7-8-18(34)15-32)19(25(33)37)9-10-22(35)38-28(4,5)6/h9-11,13-14,16,18,34H,7-8,12,15H2,1-6H3,(H,29,31,36). The van der Waals surface area contributed by atoms with Gasteiger partial charge in [-0.3, -0.25) is 19.3 Å². The molecule has 4 heterocycles. The van der Waals surface area contributed by atoms with Crippen molar-refractivity contribution in [3.05, 3.63) is 57.0 Å². The molecule has 1 aliphatic rings. The van der Waals surface area contributed by atoms with Crippen LogP contribution in [-0.2, 0) is 14.9 Å². The van der Waals surface area contributed by atoms with E-state index >= 15 is 0 Å². The number of carbonyl (C=O) groups excluding carboxylic acids is 2. The normalized spacial score (nSPS) is 16.6. The highest BCUT2D eigenvalue weighted by molar-refractivity contribution is 7.14. The van der Waals surface area contributed by atoms with Crippen molar-refractivity contribution in [1.29, 1.82) is 0 Å². The van der Waals surface area contributed by atoms with Gasteiger partial charge in [-0.2, -0.15) is 0 Å². The average molecular weight is 554 g/mol. The van der Waals surface area contributed by atoms with Crippen LogP contribution in [0.1, 0.15) is 76.0 Å². The average Bonchev–Trinajstić information content (AvgIpc) is 3.31. The van der Waals surface area contributed by atoms with Crippen LogP contribution in [0.4, 0.5) is 10.9 Å². The molecule has 39 heavy (non-hydrogen) atoms. The lowest BCUT2D eigenvalue weighted by molar-refractivity contribution is -0.148. The number of pyridine rings is 1. The molecule has 1 saturated heterocycles. The van der Waals surface area contributed by atoms with Gasteiger partial charge in [0.05, 0.1) is 17.4 Å². The zero-order valence-electron chi connectivity index (χ0n) is 23.1. The molecule has 1 amide bonds. The molecular weight excluding hydrogens is 518 g/mol. The van der Waals surface area contributed by atoms with E-state index in [-0.39, 0.29) is 22.5 Å². The Morgan fingerprint density at radius 1 is 1.21 bits per heavy atom. The van der Waals surface area contributed by atoms with E-state index in [2.05, 4.69) is 31.1 Å². The van der Waals surface area contributed by atoms with E-state index in [1.807, 2.05) is 10.3 Å². The van der Waals surface area contributed by atoms with Crippen LogP contribution in [-0.4, -0.2) is 56.1 Å². The Hall–Kier alpha value is -3.57. The number of hydrogen-bond acceptors (Lipinski definition) is 9. The van der Waals surface area contributed by atoms with Crippen LogP contribution in [0.3, 0.4) is 0 Å². The lowest BCUT2D eigenvalue weighted by atomic mass is 9.93. The number of amides is 1. The van der Waals surface area contributed by atoms with Gasteiger partial charge in [-0.05, 0) is 51.8 Å². The molecule has 1 unspecified atom stereocenters. The summed E-state index contributed by atoms with van der Waals surface area (Å²) in [6.07, 6.45) is 4.93. The summed E-state index contributed by atoms with van der Waals surface area (Å²) in [7, 11) is 0. The van der Waals surface area contributed by atoms with Crippen molar-refractivity contribution >= 4 is 45.9 Å². The highest BCUT2D eigenvalue weighted by Gasteiger charge is 2.24. The second kappa shape index (κ2) is 10.9. The molecule has 0 spiro atoms. The number of aromatic nitrogens is 3. The number of fused-ring (bicyclic) bond motifs is 1. The van der Waals surface area contributed by atoms with Crippen molar-refractivity contribution in [2.75, 3.05) is 23.3 Å². The van der Waals surface area contributed by atoms with Crippen LogP contribution in [0, 0.1) is 0 Å². The number of nitrogens with zero attached hydrogens (tertiary/aromatic N) is 4. The van der Waals surface area contributed by atoms with Gasteiger partial charge in [0.15, 0.2) is 5.13 Å². The lowest BCUT2D eigenvalue weighted by Gasteiger charge is -2.32. The maximum atomic E-state index is 13.6. The summed E-state index contributed by atoms with van der Waals surface area (Å²) in [5, 5.41) is 15.5. The van der Waals surface area contributed by atoms with Crippen molar-refractivity contribution in [2.24, 2.45) is 0 Å². The zero-order valence-corrected chi connectivity index (χ0v) is 24.0. The number of aliphatic hydroxyl groups excluding tert-OH is 1. The molecule has 11 heteroatoms. The minimum atomic E-state index is -0.679. The van der Waals surface area contributed by atoms with Crippen LogP contribution in [0.5, 0.6) is 0 Å². The van der Waals surface area contributed by atoms with Gasteiger partial charge in [0.1, 0.15) is 17.1 Å². The van der Waals surface area contributed by atoms with Crippen LogP contribution >= 0.6 is 11.3 Å². The lowest BCUT2D eigenvalue weighted by Crippen LogP contribution is -2.40. The Kier molecular flexibility index (Phi) is 7.94. The third-order valence-corrected chi connectivity index (χ3v) is 6.85. The second-order valence-corrected chi connectivity index (χ2v) is 12.5. The molecule has 4 rings (SSSR count). The molecule has 0 saturated carbocycles. The molecule has 0 aromatic carbocycles. The number of rotatable bonds is 5. The molecule has 3 aromatic rings. The van der Waals surface area contributed by atoms with Crippen LogP contribution in [0.2, 0.25) is 0 Å². The quantitative estimate of drug-likeness (QED) is 0.359. The fourth-order valence-electron chi connectivity index (χ4n) is 4.15. The van der Waals surface area contributed by atoms with Gasteiger partial charge in [-0.1, -0.05) is 20.8 Å². The summed E-state index contributed by atoms with van der Waals surface area (Å²) in [6, 6.07) is 3.08. The third-order valence-electron chi connectivity index (χ3n) is 6.09. The first kappa shape index (κ1) is 28.4. The maximum Gasteiger partial charge on any atom is 0.331 e. The molecule has 0 aliphatic carbocycles. The number of hydrogen-bond donors (Lipinski definition) is 2. The van der Waals surface area contributed by atoms with E-state index in [4.69, 9.17) is 9.72 Å². The van der Waals surface area contributed by atoms with Crippen molar-refractivity contribution in [3.63, 3.8) is 0 Å².